The van der Waals surface area contributed by atoms with Gasteiger partial charge in [-0.1, -0.05) is 12.1 Å². The lowest BCUT2D eigenvalue weighted by molar-refractivity contribution is -0.124. The molecular formula is C17H16N2O2. The predicted molar refractivity (Wildman–Crippen MR) is 79.5 cm³/mol. The summed E-state index contributed by atoms with van der Waals surface area (Å²) in [5.74, 6) is 0.0276. The van der Waals surface area contributed by atoms with Crippen molar-refractivity contribution in [2.75, 3.05) is 13.2 Å². The fraction of sp³-hybridized carbons (Fsp3) is 0.235. The predicted octanol–water partition coefficient (Wildman–Crippen LogP) is 2.32. The van der Waals surface area contributed by atoms with Crippen molar-refractivity contribution in [2.45, 2.75) is 6.42 Å². The normalized spacial score (nSPS) is 20.7. The minimum atomic E-state index is -0.133. The summed E-state index contributed by atoms with van der Waals surface area (Å²) in [6.07, 6.45) is 9.52. The van der Waals surface area contributed by atoms with Crippen molar-refractivity contribution in [3.8, 4) is 0 Å². The summed E-state index contributed by atoms with van der Waals surface area (Å²) in [5, 5.41) is 0. The summed E-state index contributed by atoms with van der Waals surface area (Å²) >= 11 is 0. The maximum atomic E-state index is 12.5. The average Bonchev–Trinajstić information content (AvgIpc) is 2.53. The van der Waals surface area contributed by atoms with Crippen LogP contribution >= 0.6 is 0 Å². The topological polar surface area (TPSA) is 52.1 Å². The fourth-order valence-electron chi connectivity index (χ4n) is 2.45. The van der Waals surface area contributed by atoms with Gasteiger partial charge in [-0.05, 0) is 35.8 Å². The molecule has 0 N–H and O–H groups in total. The lowest BCUT2D eigenvalue weighted by atomic mass is 9.90. The second-order valence-corrected chi connectivity index (χ2v) is 5.10. The molecule has 2 aromatic heterocycles. The van der Waals surface area contributed by atoms with Crippen LogP contribution < -0.4 is 0 Å². The zero-order valence-electron chi connectivity index (χ0n) is 11.6. The number of carbonyl (C=O) groups is 1. The van der Waals surface area contributed by atoms with Gasteiger partial charge in [0.15, 0.2) is 5.78 Å². The first-order valence-corrected chi connectivity index (χ1v) is 6.94. The standard InChI is InChI=1S/C17H16N2O2/c20-17-15(7-13-3-1-5-18-9-13)11-21-12-16(17)8-14-4-2-6-19-10-14/h1-7,9-10,16H,8,11-12H2/b15-7+. The molecule has 2 aromatic rings. The Morgan fingerprint density at radius 3 is 2.71 bits per heavy atom. The first-order chi connectivity index (χ1) is 10.3. The smallest absolute Gasteiger partial charge is 0.166 e. The lowest BCUT2D eigenvalue weighted by Gasteiger charge is -2.23. The number of hydrogen-bond acceptors (Lipinski definition) is 4. The van der Waals surface area contributed by atoms with Crippen LogP contribution in [-0.4, -0.2) is 29.0 Å². The molecule has 0 spiro atoms. The summed E-state index contributed by atoms with van der Waals surface area (Å²) in [6.45, 7) is 0.843. The minimum absolute atomic E-state index is 0.133. The molecule has 1 saturated heterocycles. The van der Waals surface area contributed by atoms with Crippen LogP contribution in [0.1, 0.15) is 11.1 Å². The highest BCUT2D eigenvalue weighted by molar-refractivity contribution is 6.02. The van der Waals surface area contributed by atoms with Gasteiger partial charge in [-0.25, -0.2) is 0 Å². The summed E-state index contributed by atoms with van der Waals surface area (Å²) in [6, 6.07) is 7.65. The van der Waals surface area contributed by atoms with Gasteiger partial charge in [-0.15, -0.1) is 0 Å². The molecule has 1 fully saturated rings. The van der Waals surface area contributed by atoms with E-state index in [0.717, 1.165) is 11.1 Å². The molecule has 0 aromatic carbocycles. The molecule has 0 amide bonds. The summed E-state index contributed by atoms with van der Waals surface area (Å²) in [4.78, 5) is 20.7. The number of hydrogen-bond donors (Lipinski definition) is 0. The van der Waals surface area contributed by atoms with E-state index in [1.807, 2.05) is 30.3 Å². The van der Waals surface area contributed by atoms with Crippen LogP contribution in [0.4, 0.5) is 0 Å². The van der Waals surface area contributed by atoms with Gasteiger partial charge in [0.2, 0.25) is 0 Å². The quantitative estimate of drug-likeness (QED) is 0.810. The van der Waals surface area contributed by atoms with Crippen molar-refractivity contribution >= 4 is 11.9 Å². The molecule has 3 rings (SSSR count). The maximum Gasteiger partial charge on any atom is 0.166 e. The molecule has 1 aliphatic heterocycles. The van der Waals surface area contributed by atoms with E-state index < -0.39 is 0 Å². The molecule has 106 valence electrons. The Balaban J connectivity index is 1.76. The molecule has 0 radical (unpaired) electrons. The first-order valence-electron chi connectivity index (χ1n) is 6.94. The van der Waals surface area contributed by atoms with Gasteiger partial charge in [-0.2, -0.15) is 0 Å². The first kappa shape index (κ1) is 13.6. The molecule has 0 saturated carbocycles. The summed E-state index contributed by atoms with van der Waals surface area (Å²) < 4.78 is 5.58. The van der Waals surface area contributed by atoms with Crippen LogP contribution in [0.5, 0.6) is 0 Å². The van der Waals surface area contributed by atoms with Crippen LogP contribution in [0, 0.1) is 5.92 Å². The van der Waals surface area contributed by atoms with Gasteiger partial charge >= 0.3 is 0 Å². The van der Waals surface area contributed by atoms with Gasteiger partial charge in [0, 0.05) is 36.3 Å². The van der Waals surface area contributed by atoms with Crippen molar-refractivity contribution in [3.05, 3.63) is 65.8 Å². The van der Waals surface area contributed by atoms with E-state index in [-0.39, 0.29) is 11.7 Å². The third kappa shape index (κ3) is 3.41. The molecule has 4 nitrogen and oxygen atoms in total. The highest BCUT2D eigenvalue weighted by atomic mass is 16.5. The molecule has 0 aliphatic carbocycles. The lowest BCUT2D eigenvalue weighted by Crippen LogP contribution is -2.31. The number of nitrogens with zero attached hydrogens (tertiary/aromatic N) is 2. The maximum absolute atomic E-state index is 12.5. The Kier molecular flexibility index (Phi) is 4.17. The monoisotopic (exact) mass is 280 g/mol. The Labute approximate surface area is 123 Å². The third-order valence-electron chi connectivity index (χ3n) is 3.49. The molecule has 0 bridgehead atoms. The van der Waals surface area contributed by atoms with Crippen LogP contribution in [0.25, 0.3) is 6.08 Å². The van der Waals surface area contributed by atoms with Gasteiger partial charge in [0.05, 0.1) is 13.2 Å². The van der Waals surface area contributed by atoms with Crippen molar-refractivity contribution in [2.24, 2.45) is 5.92 Å². The largest absolute Gasteiger partial charge is 0.376 e. The second kappa shape index (κ2) is 6.41. The molecule has 4 heteroatoms. The average molecular weight is 280 g/mol. The molecule has 3 heterocycles. The Morgan fingerprint density at radius 1 is 1.19 bits per heavy atom. The van der Waals surface area contributed by atoms with E-state index in [9.17, 15) is 4.79 Å². The van der Waals surface area contributed by atoms with E-state index in [4.69, 9.17) is 4.74 Å². The number of aromatic nitrogens is 2. The van der Waals surface area contributed by atoms with E-state index >= 15 is 0 Å². The van der Waals surface area contributed by atoms with Crippen molar-refractivity contribution in [3.63, 3.8) is 0 Å². The van der Waals surface area contributed by atoms with E-state index in [1.165, 1.54) is 0 Å². The molecular weight excluding hydrogens is 264 g/mol. The fourth-order valence-corrected chi connectivity index (χ4v) is 2.45. The number of Topliss-reactive ketones (excluding diaryl/α,β-unsaturated/α-hetero) is 1. The molecule has 1 aliphatic rings. The highest BCUT2D eigenvalue weighted by Gasteiger charge is 2.27. The summed E-state index contributed by atoms with van der Waals surface area (Å²) in [5.41, 5.74) is 2.69. The zero-order valence-corrected chi connectivity index (χ0v) is 11.6. The van der Waals surface area contributed by atoms with Crippen LogP contribution in [0.15, 0.2) is 54.6 Å². The summed E-state index contributed by atoms with van der Waals surface area (Å²) in [7, 11) is 0. The van der Waals surface area contributed by atoms with Gasteiger partial charge in [0.1, 0.15) is 0 Å². The van der Waals surface area contributed by atoms with Crippen molar-refractivity contribution in [1.29, 1.82) is 0 Å². The molecule has 21 heavy (non-hydrogen) atoms. The van der Waals surface area contributed by atoms with Crippen molar-refractivity contribution < 1.29 is 9.53 Å². The second-order valence-electron chi connectivity index (χ2n) is 5.10. The van der Waals surface area contributed by atoms with E-state index in [1.54, 1.807) is 24.8 Å². The van der Waals surface area contributed by atoms with Crippen LogP contribution in [0.3, 0.4) is 0 Å². The Hall–Kier alpha value is -2.33. The SMILES string of the molecule is O=C1/C(=C/c2cccnc2)COCC1Cc1cccnc1. The third-order valence-corrected chi connectivity index (χ3v) is 3.49. The van der Waals surface area contributed by atoms with Gasteiger partial charge < -0.3 is 4.74 Å². The zero-order chi connectivity index (χ0) is 14.5. The number of ketones is 1. The number of rotatable bonds is 3. The minimum Gasteiger partial charge on any atom is -0.376 e. The van der Waals surface area contributed by atoms with Crippen LogP contribution in [-0.2, 0) is 16.0 Å². The van der Waals surface area contributed by atoms with Crippen LogP contribution in [0.2, 0.25) is 0 Å². The van der Waals surface area contributed by atoms with Crippen molar-refractivity contribution in [1.82, 2.24) is 9.97 Å². The van der Waals surface area contributed by atoms with Gasteiger partial charge in [-0.3, -0.25) is 14.8 Å². The number of ether oxygens (including phenoxy) is 1. The Morgan fingerprint density at radius 2 is 2.00 bits per heavy atom. The molecule has 1 atom stereocenters. The van der Waals surface area contributed by atoms with E-state index in [2.05, 4.69) is 9.97 Å². The van der Waals surface area contributed by atoms with Gasteiger partial charge in [0.25, 0.3) is 0 Å². The number of carbonyl (C=O) groups excluding carboxylic acids is 1. The highest BCUT2D eigenvalue weighted by Crippen LogP contribution is 2.21. The van der Waals surface area contributed by atoms with E-state index in [0.29, 0.717) is 25.2 Å². The number of pyridine rings is 2. The Bertz CT molecular complexity index is 638. The molecule has 1 unspecified atom stereocenters.